The summed E-state index contributed by atoms with van der Waals surface area (Å²) in [6, 6.07) is 18.4. The summed E-state index contributed by atoms with van der Waals surface area (Å²) >= 11 is 6.19. The zero-order chi connectivity index (χ0) is 24.9. The Morgan fingerprint density at radius 3 is 2.46 bits per heavy atom. The molecule has 0 aliphatic carbocycles. The molecule has 1 aliphatic heterocycles. The number of aryl methyl sites for hydroxylation is 1. The van der Waals surface area contributed by atoms with Gasteiger partial charge >= 0.3 is 6.03 Å². The van der Waals surface area contributed by atoms with Crippen molar-refractivity contribution in [2.45, 2.75) is 20.5 Å². The summed E-state index contributed by atoms with van der Waals surface area (Å²) in [5.74, 6) is -0.518. The third-order valence-electron chi connectivity index (χ3n) is 5.26. The lowest BCUT2D eigenvalue weighted by atomic mass is 10.1. The summed E-state index contributed by atoms with van der Waals surface area (Å²) in [5, 5.41) is 2.63. The van der Waals surface area contributed by atoms with Crippen molar-refractivity contribution in [3.63, 3.8) is 0 Å². The van der Waals surface area contributed by atoms with E-state index < -0.39 is 17.8 Å². The molecule has 0 bridgehead atoms. The number of hydrogen-bond donors (Lipinski definition) is 1. The van der Waals surface area contributed by atoms with Gasteiger partial charge in [-0.1, -0.05) is 41.4 Å². The van der Waals surface area contributed by atoms with Crippen LogP contribution >= 0.6 is 11.6 Å². The highest BCUT2D eigenvalue weighted by Crippen LogP contribution is 2.29. The lowest BCUT2D eigenvalue weighted by molar-refractivity contribution is -0.122. The van der Waals surface area contributed by atoms with Crippen LogP contribution in [0, 0.1) is 6.92 Å². The first kappa shape index (κ1) is 24.0. The Kier molecular flexibility index (Phi) is 7.17. The Morgan fingerprint density at radius 1 is 0.971 bits per heavy atom. The Morgan fingerprint density at radius 2 is 1.74 bits per heavy atom. The van der Waals surface area contributed by atoms with E-state index in [1.54, 1.807) is 42.5 Å². The summed E-state index contributed by atoms with van der Waals surface area (Å²) in [4.78, 5) is 39.3. The molecule has 1 saturated heterocycles. The zero-order valence-corrected chi connectivity index (χ0v) is 20.0. The zero-order valence-electron chi connectivity index (χ0n) is 19.2. The Labute approximate surface area is 207 Å². The summed E-state index contributed by atoms with van der Waals surface area (Å²) in [6.07, 6.45) is 1.38. The number of halogens is 1. The minimum atomic E-state index is -0.830. The van der Waals surface area contributed by atoms with Crippen LogP contribution in [-0.2, 0) is 16.2 Å². The van der Waals surface area contributed by atoms with Crippen LogP contribution in [0.25, 0.3) is 6.08 Å². The fraction of sp³-hybridized carbons (Fsp3) is 0.148. The molecule has 0 atom stereocenters. The molecule has 3 aromatic rings. The van der Waals surface area contributed by atoms with Gasteiger partial charge in [0.1, 0.15) is 23.7 Å². The molecule has 0 radical (unpaired) electrons. The second-order valence-corrected chi connectivity index (χ2v) is 8.28. The number of carbonyl (C=O) groups is 3. The van der Waals surface area contributed by atoms with E-state index in [9.17, 15) is 14.4 Å². The van der Waals surface area contributed by atoms with Crippen LogP contribution in [0.3, 0.4) is 0 Å². The first-order chi connectivity index (χ1) is 16.9. The summed E-state index contributed by atoms with van der Waals surface area (Å²) in [7, 11) is 0. The minimum Gasteiger partial charge on any atom is -0.494 e. The molecule has 1 heterocycles. The van der Waals surface area contributed by atoms with E-state index in [-0.39, 0.29) is 12.2 Å². The van der Waals surface area contributed by atoms with Crippen molar-refractivity contribution in [3.8, 4) is 11.5 Å². The molecule has 3 aromatic carbocycles. The lowest BCUT2D eigenvalue weighted by Crippen LogP contribution is -2.54. The molecule has 1 fully saturated rings. The van der Waals surface area contributed by atoms with E-state index in [2.05, 4.69) is 5.32 Å². The molecule has 0 saturated carbocycles. The lowest BCUT2D eigenvalue weighted by Gasteiger charge is -2.26. The van der Waals surface area contributed by atoms with Gasteiger partial charge in [0.15, 0.2) is 0 Å². The smallest absolute Gasteiger partial charge is 0.335 e. The Hall–Kier alpha value is -4.10. The molecule has 0 unspecified atom stereocenters. The minimum absolute atomic E-state index is 0.221. The van der Waals surface area contributed by atoms with Gasteiger partial charge in [0.05, 0.1) is 12.3 Å². The molecule has 4 amide bonds. The molecule has 1 N–H and O–H groups in total. The maximum atomic E-state index is 13.2. The van der Waals surface area contributed by atoms with Gasteiger partial charge in [-0.15, -0.1) is 0 Å². The van der Waals surface area contributed by atoms with Crippen LogP contribution in [0.4, 0.5) is 10.5 Å². The van der Waals surface area contributed by atoms with Gasteiger partial charge in [-0.25, -0.2) is 9.69 Å². The van der Waals surface area contributed by atoms with Crippen molar-refractivity contribution in [2.24, 2.45) is 0 Å². The highest BCUT2D eigenvalue weighted by atomic mass is 35.5. The highest BCUT2D eigenvalue weighted by Gasteiger charge is 2.37. The first-order valence-corrected chi connectivity index (χ1v) is 11.4. The van der Waals surface area contributed by atoms with Gasteiger partial charge < -0.3 is 9.47 Å². The van der Waals surface area contributed by atoms with Gasteiger partial charge in [-0.2, -0.15) is 0 Å². The number of nitrogens with one attached hydrogen (secondary N) is 1. The molecule has 178 valence electrons. The average Bonchev–Trinajstić information content (AvgIpc) is 2.82. The average molecular weight is 491 g/mol. The molecule has 8 heteroatoms. The number of hydrogen-bond acceptors (Lipinski definition) is 5. The van der Waals surface area contributed by atoms with E-state index >= 15 is 0 Å². The quantitative estimate of drug-likeness (QED) is 0.359. The SMILES string of the molecule is CCOc1ccc(N2C(=O)NC(=O)/C(=C\c3cc(Cl)ccc3OCc3cccc(C)c3)C2=O)cc1. The highest BCUT2D eigenvalue weighted by molar-refractivity contribution is 6.39. The summed E-state index contributed by atoms with van der Waals surface area (Å²) < 4.78 is 11.4. The van der Waals surface area contributed by atoms with Crippen molar-refractivity contribution in [2.75, 3.05) is 11.5 Å². The maximum absolute atomic E-state index is 13.2. The predicted octanol–water partition coefficient (Wildman–Crippen LogP) is 5.29. The third-order valence-corrected chi connectivity index (χ3v) is 5.49. The molecular formula is C27H23ClN2O5. The maximum Gasteiger partial charge on any atom is 0.335 e. The van der Waals surface area contributed by atoms with E-state index in [4.69, 9.17) is 21.1 Å². The van der Waals surface area contributed by atoms with Crippen molar-refractivity contribution >= 4 is 41.2 Å². The molecule has 4 rings (SSSR count). The summed E-state index contributed by atoms with van der Waals surface area (Å²) in [6.45, 7) is 4.62. The number of urea groups is 1. The summed E-state index contributed by atoms with van der Waals surface area (Å²) in [5.41, 5.74) is 2.59. The predicted molar refractivity (Wildman–Crippen MR) is 134 cm³/mol. The van der Waals surface area contributed by atoms with Crippen LogP contribution in [-0.4, -0.2) is 24.5 Å². The van der Waals surface area contributed by atoms with Crippen LogP contribution in [0.1, 0.15) is 23.6 Å². The van der Waals surface area contributed by atoms with Gasteiger partial charge in [0, 0.05) is 10.6 Å². The number of ether oxygens (including phenoxy) is 2. The fourth-order valence-electron chi connectivity index (χ4n) is 3.63. The normalized spacial score (nSPS) is 14.8. The number of imide groups is 2. The topological polar surface area (TPSA) is 84.9 Å². The molecule has 7 nitrogen and oxygen atoms in total. The number of nitrogens with zero attached hydrogens (tertiary/aromatic N) is 1. The molecule has 0 aromatic heterocycles. The fourth-order valence-corrected chi connectivity index (χ4v) is 3.81. The molecule has 1 aliphatic rings. The van der Waals surface area contributed by atoms with Gasteiger partial charge in [-0.05, 0) is 68.0 Å². The number of benzene rings is 3. The second-order valence-electron chi connectivity index (χ2n) is 7.84. The number of rotatable bonds is 7. The third kappa shape index (κ3) is 5.53. The standard InChI is InChI=1S/C27H23ClN2O5/c1-3-34-22-10-8-21(9-11-22)30-26(32)23(25(31)29-27(30)33)15-19-14-20(28)7-12-24(19)35-16-18-6-4-5-17(2)13-18/h4-15H,3,16H2,1-2H3,(H,29,31,33)/b23-15+. The number of amides is 4. The van der Waals surface area contributed by atoms with Crippen molar-refractivity contribution in [1.29, 1.82) is 0 Å². The molecular weight excluding hydrogens is 468 g/mol. The Balaban J connectivity index is 1.64. The largest absolute Gasteiger partial charge is 0.494 e. The van der Waals surface area contributed by atoms with E-state index in [1.165, 1.54) is 6.08 Å². The van der Waals surface area contributed by atoms with Crippen LogP contribution in [0.15, 0.2) is 72.3 Å². The number of carbonyl (C=O) groups excluding carboxylic acids is 3. The van der Waals surface area contributed by atoms with Gasteiger partial charge in [0.25, 0.3) is 11.8 Å². The van der Waals surface area contributed by atoms with E-state index in [1.807, 2.05) is 38.1 Å². The Bertz CT molecular complexity index is 1320. The first-order valence-electron chi connectivity index (χ1n) is 11.0. The molecule has 0 spiro atoms. The number of anilines is 1. The van der Waals surface area contributed by atoms with Crippen LogP contribution < -0.4 is 19.7 Å². The van der Waals surface area contributed by atoms with Crippen molar-refractivity contribution < 1.29 is 23.9 Å². The van der Waals surface area contributed by atoms with E-state index in [0.29, 0.717) is 34.4 Å². The second kappa shape index (κ2) is 10.4. The molecule has 35 heavy (non-hydrogen) atoms. The van der Waals surface area contributed by atoms with Crippen molar-refractivity contribution in [1.82, 2.24) is 5.32 Å². The van der Waals surface area contributed by atoms with Crippen LogP contribution in [0.5, 0.6) is 11.5 Å². The monoisotopic (exact) mass is 490 g/mol. The van der Waals surface area contributed by atoms with E-state index in [0.717, 1.165) is 16.0 Å². The van der Waals surface area contributed by atoms with Gasteiger partial charge in [-0.3, -0.25) is 14.9 Å². The van der Waals surface area contributed by atoms with Crippen molar-refractivity contribution in [3.05, 3.63) is 94.0 Å². The number of barbiturate groups is 1. The van der Waals surface area contributed by atoms with Crippen LogP contribution in [0.2, 0.25) is 5.02 Å². The van der Waals surface area contributed by atoms with Gasteiger partial charge in [0.2, 0.25) is 0 Å².